The molecule has 0 saturated carbocycles. The monoisotopic (exact) mass is 702 g/mol. The zero-order chi connectivity index (χ0) is 35.2. The standard InChI is InChI=1S/C30H28F6N4O7S/c1-29(2,3)46-28(41)39-8-9-40-17(15-39)14-21(38-40)26-24(25-20(33)12-16(31)13-22(25)45-11-10-44-4)18-6-5-7-19(32)23(18)27(37-26)47-48(42,43)30(34,35)36/h5-7,12-14H,8-11,15H2,1-4H3. The summed E-state index contributed by atoms with van der Waals surface area (Å²) in [6.45, 7) is 5.08. The largest absolute Gasteiger partial charge is 0.534 e. The first kappa shape index (κ1) is 34.7. The van der Waals surface area contributed by atoms with Crippen molar-refractivity contribution in [1.82, 2.24) is 19.7 Å². The molecule has 48 heavy (non-hydrogen) atoms. The minimum Gasteiger partial charge on any atom is -0.490 e. The highest BCUT2D eigenvalue weighted by molar-refractivity contribution is 7.88. The molecule has 18 heteroatoms. The third-order valence-corrected chi connectivity index (χ3v) is 7.87. The molecule has 0 spiro atoms. The average molecular weight is 703 g/mol. The number of methoxy groups -OCH3 is 1. The third-order valence-electron chi connectivity index (χ3n) is 6.93. The van der Waals surface area contributed by atoms with Crippen LogP contribution in [-0.2, 0) is 32.7 Å². The van der Waals surface area contributed by atoms with Crippen LogP contribution in [0.15, 0.2) is 36.4 Å². The number of pyridine rings is 1. The van der Waals surface area contributed by atoms with Gasteiger partial charge in [-0.2, -0.15) is 26.7 Å². The molecule has 0 saturated heterocycles. The Morgan fingerprint density at radius 2 is 1.71 bits per heavy atom. The van der Waals surface area contributed by atoms with Gasteiger partial charge in [0.25, 0.3) is 0 Å². The van der Waals surface area contributed by atoms with Crippen LogP contribution in [0.1, 0.15) is 26.5 Å². The summed E-state index contributed by atoms with van der Waals surface area (Å²) in [4.78, 5) is 18.1. The average Bonchev–Trinajstić information content (AvgIpc) is 3.39. The highest BCUT2D eigenvalue weighted by atomic mass is 32.2. The van der Waals surface area contributed by atoms with Crippen molar-refractivity contribution < 1.29 is 57.9 Å². The van der Waals surface area contributed by atoms with Crippen molar-refractivity contribution in [3.63, 3.8) is 0 Å². The second-order valence-corrected chi connectivity index (χ2v) is 13.1. The molecular formula is C30H28F6N4O7S. The number of hydrogen-bond acceptors (Lipinski definition) is 9. The normalized spacial score (nSPS) is 13.8. The second kappa shape index (κ2) is 12.8. The number of carbonyl (C=O) groups excluding carboxylic acids is 1. The molecule has 0 bridgehead atoms. The molecule has 4 aromatic rings. The van der Waals surface area contributed by atoms with Crippen molar-refractivity contribution >= 4 is 27.0 Å². The van der Waals surface area contributed by atoms with E-state index in [-0.39, 0.29) is 49.5 Å². The van der Waals surface area contributed by atoms with Gasteiger partial charge in [-0.3, -0.25) is 4.68 Å². The van der Waals surface area contributed by atoms with Gasteiger partial charge in [-0.1, -0.05) is 12.1 Å². The molecule has 0 atom stereocenters. The molecule has 258 valence electrons. The molecule has 1 aliphatic rings. The number of hydrogen-bond donors (Lipinski definition) is 0. The Morgan fingerprint density at radius 1 is 0.979 bits per heavy atom. The van der Waals surface area contributed by atoms with Gasteiger partial charge in [0.15, 0.2) is 0 Å². The fourth-order valence-electron chi connectivity index (χ4n) is 4.95. The number of halogens is 6. The van der Waals surface area contributed by atoms with Crippen LogP contribution in [0.5, 0.6) is 11.6 Å². The Labute approximate surface area is 270 Å². The van der Waals surface area contributed by atoms with Gasteiger partial charge >= 0.3 is 21.7 Å². The first-order valence-electron chi connectivity index (χ1n) is 14.2. The predicted molar refractivity (Wildman–Crippen MR) is 158 cm³/mol. The number of rotatable bonds is 8. The SMILES string of the molecule is COCCOc1cc(F)cc(F)c1-c1c(-c2cc3n(n2)CCN(C(=O)OC(C)(C)C)C3)nc(OS(=O)(=O)C(F)(F)F)c2c(F)cccc12. The molecule has 0 N–H and O–H groups in total. The van der Waals surface area contributed by atoms with Gasteiger partial charge in [-0.25, -0.2) is 22.9 Å². The van der Waals surface area contributed by atoms with Gasteiger partial charge in [0.1, 0.15) is 46.8 Å². The fraction of sp³-hybridized carbons (Fsp3) is 0.367. The maximum atomic E-state index is 15.8. The molecule has 3 heterocycles. The van der Waals surface area contributed by atoms with E-state index in [4.69, 9.17) is 14.2 Å². The number of ether oxygens (including phenoxy) is 3. The van der Waals surface area contributed by atoms with Gasteiger partial charge in [0, 0.05) is 36.7 Å². The lowest BCUT2D eigenvalue weighted by atomic mass is 9.94. The lowest BCUT2D eigenvalue weighted by molar-refractivity contribution is -0.0501. The van der Waals surface area contributed by atoms with Crippen molar-refractivity contribution in [3.8, 4) is 34.1 Å². The third kappa shape index (κ3) is 6.99. The van der Waals surface area contributed by atoms with E-state index < -0.39 is 73.0 Å². The molecular weight excluding hydrogens is 674 g/mol. The van der Waals surface area contributed by atoms with E-state index in [1.165, 1.54) is 22.8 Å². The van der Waals surface area contributed by atoms with Gasteiger partial charge in [-0.15, -0.1) is 0 Å². The van der Waals surface area contributed by atoms with Crippen LogP contribution >= 0.6 is 0 Å². The number of amides is 1. The summed E-state index contributed by atoms with van der Waals surface area (Å²) in [5.74, 6) is -5.27. The Kier molecular flexibility index (Phi) is 9.26. The summed E-state index contributed by atoms with van der Waals surface area (Å²) in [7, 11) is -5.03. The number of fused-ring (bicyclic) bond motifs is 2. The lowest BCUT2D eigenvalue weighted by Crippen LogP contribution is -2.41. The maximum absolute atomic E-state index is 15.8. The van der Waals surface area contributed by atoms with E-state index in [1.807, 2.05) is 0 Å². The molecule has 1 amide bonds. The van der Waals surface area contributed by atoms with E-state index >= 15 is 8.78 Å². The first-order chi connectivity index (χ1) is 22.4. The van der Waals surface area contributed by atoms with Crippen LogP contribution in [0.3, 0.4) is 0 Å². The Hall–Kier alpha value is -4.58. The number of benzene rings is 2. The number of nitrogens with zero attached hydrogens (tertiary/aromatic N) is 4. The van der Waals surface area contributed by atoms with Crippen LogP contribution in [0.25, 0.3) is 33.3 Å². The molecule has 1 aliphatic heterocycles. The second-order valence-electron chi connectivity index (χ2n) is 11.5. The van der Waals surface area contributed by atoms with Crippen LogP contribution in [0.4, 0.5) is 31.1 Å². The smallest absolute Gasteiger partial charge is 0.490 e. The Morgan fingerprint density at radius 3 is 2.38 bits per heavy atom. The maximum Gasteiger partial charge on any atom is 0.534 e. The van der Waals surface area contributed by atoms with Crippen molar-refractivity contribution in [2.24, 2.45) is 0 Å². The van der Waals surface area contributed by atoms with E-state index in [0.717, 1.165) is 24.3 Å². The molecule has 0 unspecified atom stereocenters. The zero-order valence-electron chi connectivity index (χ0n) is 25.8. The molecule has 11 nitrogen and oxygen atoms in total. The van der Waals surface area contributed by atoms with E-state index in [0.29, 0.717) is 11.8 Å². The predicted octanol–water partition coefficient (Wildman–Crippen LogP) is 6.19. The van der Waals surface area contributed by atoms with Crippen LogP contribution in [0, 0.1) is 17.5 Å². The molecule has 0 radical (unpaired) electrons. The van der Waals surface area contributed by atoms with Crippen LogP contribution in [-0.4, -0.2) is 72.2 Å². The molecule has 0 aliphatic carbocycles. The zero-order valence-corrected chi connectivity index (χ0v) is 26.6. The van der Waals surface area contributed by atoms with Gasteiger partial charge in [0.05, 0.1) is 36.3 Å². The van der Waals surface area contributed by atoms with Crippen LogP contribution < -0.4 is 8.92 Å². The topological polar surface area (TPSA) is 122 Å². The van der Waals surface area contributed by atoms with Crippen molar-refractivity contribution in [2.75, 3.05) is 26.9 Å². The minimum atomic E-state index is -6.38. The van der Waals surface area contributed by atoms with Crippen LogP contribution in [0.2, 0.25) is 0 Å². The quantitative estimate of drug-likeness (QED) is 0.0916. The fourth-order valence-corrected chi connectivity index (χ4v) is 5.37. The number of carbonyl (C=O) groups is 1. The van der Waals surface area contributed by atoms with Crippen molar-refractivity contribution in [3.05, 3.63) is 59.5 Å². The minimum absolute atomic E-state index is 0.0119. The number of aromatic nitrogens is 3. The summed E-state index contributed by atoms with van der Waals surface area (Å²) >= 11 is 0. The first-order valence-corrected chi connectivity index (χ1v) is 15.6. The summed E-state index contributed by atoms with van der Waals surface area (Å²) < 4.78 is 132. The Balaban J connectivity index is 1.78. The molecule has 0 fully saturated rings. The molecule has 2 aromatic carbocycles. The summed E-state index contributed by atoms with van der Waals surface area (Å²) in [6.07, 6.45) is -0.629. The van der Waals surface area contributed by atoms with Gasteiger partial charge < -0.3 is 23.3 Å². The molecule has 2 aromatic heterocycles. The summed E-state index contributed by atoms with van der Waals surface area (Å²) in [5.41, 5.74) is -7.77. The van der Waals surface area contributed by atoms with Crippen molar-refractivity contribution in [1.29, 1.82) is 0 Å². The summed E-state index contributed by atoms with van der Waals surface area (Å²) in [5, 5.41) is 3.22. The van der Waals surface area contributed by atoms with E-state index in [9.17, 15) is 30.8 Å². The van der Waals surface area contributed by atoms with Gasteiger partial charge in [-0.05, 0) is 32.9 Å². The lowest BCUT2D eigenvalue weighted by Gasteiger charge is -2.30. The van der Waals surface area contributed by atoms with Gasteiger partial charge in [0.2, 0.25) is 5.88 Å². The summed E-state index contributed by atoms with van der Waals surface area (Å²) in [6, 6.07) is 5.81. The molecule has 5 rings (SSSR count). The highest BCUT2D eigenvalue weighted by Crippen LogP contribution is 2.46. The Bertz CT molecular complexity index is 1990. The number of alkyl halides is 3. The van der Waals surface area contributed by atoms with E-state index in [2.05, 4.69) is 14.3 Å². The van der Waals surface area contributed by atoms with E-state index in [1.54, 1.807) is 20.8 Å². The highest BCUT2D eigenvalue weighted by Gasteiger charge is 2.49. The van der Waals surface area contributed by atoms with Crippen molar-refractivity contribution in [2.45, 2.75) is 45.0 Å².